The SMILES string of the molecule is CCCOc1ccc(C=C2C=NN(c3ccccn3)C2)cc1C. The molecule has 0 amide bonds. The first-order chi connectivity index (χ1) is 11.3. The van der Waals surface area contributed by atoms with E-state index in [-0.39, 0.29) is 0 Å². The Kier molecular flexibility index (Phi) is 4.71. The summed E-state index contributed by atoms with van der Waals surface area (Å²) in [6.07, 6.45) is 6.85. The number of aromatic nitrogens is 1. The first-order valence-corrected chi connectivity index (χ1v) is 7.93. The van der Waals surface area contributed by atoms with Crippen LogP contribution in [0.25, 0.3) is 6.08 Å². The number of ether oxygens (including phenoxy) is 1. The molecule has 0 saturated heterocycles. The van der Waals surface area contributed by atoms with Crippen molar-refractivity contribution >= 4 is 18.1 Å². The average molecular weight is 307 g/mol. The maximum atomic E-state index is 5.72. The van der Waals surface area contributed by atoms with Gasteiger partial charge in [-0.15, -0.1) is 0 Å². The molecular formula is C19H21N3O. The number of aryl methyl sites for hydroxylation is 1. The van der Waals surface area contributed by atoms with E-state index < -0.39 is 0 Å². The van der Waals surface area contributed by atoms with E-state index in [0.29, 0.717) is 0 Å². The van der Waals surface area contributed by atoms with Gasteiger partial charge in [-0.3, -0.25) is 0 Å². The van der Waals surface area contributed by atoms with Crippen molar-refractivity contribution in [3.8, 4) is 5.75 Å². The Bertz CT molecular complexity index is 723. The van der Waals surface area contributed by atoms with Crippen LogP contribution in [0.5, 0.6) is 5.75 Å². The standard InChI is InChI=1S/C19H21N3O/c1-3-10-23-18-8-7-16(11-15(18)2)12-17-13-21-22(14-17)19-6-4-5-9-20-19/h4-9,11-13H,3,10,14H2,1-2H3. The fraction of sp³-hybridized carbons (Fsp3) is 0.263. The minimum Gasteiger partial charge on any atom is -0.493 e. The summed E-state index contributed by atoms with van der Waals surface area (Å²) < 4.78 is 5.72. The molecule has 0 saturated carbocycles. The van der Waals surface area contributed by atoms with Gasteiger partial charge in [-0.25, -0.2) is 9.99 Å². The number of hydrogen-bond acceptors (Lipinski definition) is 4. The summed E-state index contributed by atoms with van der Waals surface area (Å²) in [5.41, 5.74) is 3.48. The van der Waals surface area contributed by atoms with Gasteiger partial charge in [-0.1, -0.05) is 19.1 Å². The van der Waals surface area contributed by atoms with Gasteiger partial charge >= 0.3 is 0 Å². The van der Waals surface area contributed by atoms with Gasteiger partial charge in [0.1, 0.15) is 11.6 Å². The molecule has 0 N–H and O–H groups in total. The van der Waals surface area contributed by atoms with Crippen molar-refractivity contribution < 1.29 is 4.74 Å². The van der Waals surface area contributed by atoms with Crippen LogP contribution in [0.1, 0.15) is 24.5 Å². The summed E-state index contributed by atoms with van der Waals surface area (Å²) in [6, 6.07) is 12.1. The molecule has 0 unspecified atom stereocenters. The van der Waals surface area contributed by atoms with E-state index >= 15 is 0 Å². The molecule has 4 nitrogen and oxygen atoms in total. The number of benzene rings is 1. The van der Waals surface area contributed by atoms with Gasteiger partial charge < -0.3 is 4.74 Å². The predicted octanol–water partition coefficient (Wildman–Crippen LogP) is 4.07. The lowest BCUT2D eigenvalue weighted by molar-refractivity contribution is 0.315. The zero-order chi connectivity index (χ0) is 16.1. The van der Waals surface area contributed by atoms with Gasteiger partial charge in [0.2, 0.25) is 0 Å². The van der Waals surface area contributed by atoms with Crippen molar-refractivity contribution in [1.29, 1.82) is 0 Å². The average Bonchev–Trinajstić information content (AvgIpc) is 3.03. The van der Waals surface area contributed by atoms with Crippen molar-refractivity contribution in [2.45, 2.75) is 20.3 Å². The van der Waals surface area contributed by atoms with Gasteiger partial charge in [0, 0.05) is 6.20 Å². The van der Waals surface area contributed by atoms with Crippen molar-refractivity contribution in [3.63, 3.8) is 0 Å². The molecule has 1 aliphatic rings. The number of nitrogens with zero attached hydrogens (tertiary/aromatic N) is 3. The highest BCUT2D eigenvalue weighted by Crippen LogP contribution is 2.22. The van der Waals surface area contributed by atoms with Gasteiger partial charge in [0.25, 0.3) is 0 Å². The van der Waals surface area contributed by atoms with Gasteiger partial charge in [-0.05, 0) is 60.4 Å². The minimum absolute atomic E-state index is 0.740. The third-order valence-electron chi connectivity index (χ3n) is 3.62. The predicted molar refractivity (Wildman–Crippen MR) is 95.0 cm³/mol. The summed E-state index contributed by atoms with van der Waals surface area (Å²) >= 11 is 0. The number of anilines is 1. The number of rotatable bonds is 5. The van der Waals surface area contributed by atoms with Gasteiger partial charge in [0.15, 0.2) is 0 Å². The van der Waals surface area contributed by atoms with E-state index in [9.17, 15) is 0 Å². The van der Waals surface area contributed by atoms with E-state index in [1.807, 2.05) is 35.5 Å². The number of pyridine rings is 1. The Balaban J connectivity index is 1.71. The van der Waals surface area contributed by atoms with Crippen molar-refractivity contribution in [3.05, 3.63) is 59.3 Å². The van der Waals surface area contributed by atoms with E-state index in [4.69, 9.17) is 4.74 Å². The van der Waals surface area contributed by atoms with Crippen LogP contribution in [0.3, 0.4) is 0 Å². The molecule has 118 valence electrons. The second-order valence-electron chi connectivity index (χ2n) is 5.58. The molecule has 3 rings (SSSR count). The molecule has 23 heavy (non-hydrogen) atoms. The molecule has 0 spiro atoms. The molecular weight excluding hydrogens is 286 g/mol. The molecule has 1 aromatic heterocycles. The summed E-state index contributed by atoms with van der Waals surface area (Å²) in [5, 5.41) is 6.32. The van der Waals surface area contributed by atoms with Crippen LogP contribution in [-0.2, 0) is 0 Å². The zero-order valence-corrected chi connectivity index (χ0v) is 13.6. The number of hydrazone groups is 1. The second kappa shape index (κ2) is 7.09. The second-order valence-corrected chi connectivity index (χ2v) is 5.58. The highest BCUT2D eigenvalue weighted by atomic mass is 16.5. The summed E-state index contributed by atoms with van der Waals surface area (Å²) in [5.74, 6) is 1.83. The lowest BCUT2D eigenvalue weighted by atomic mass is 10.1. The first kappa shape index (κ1) is 15.3. The smallest absolute Gasteiger partial charge is 0.149 e. The van der Waals surface area contributed by atoms with Crippen LogP contribution >= 0.6 is 0 Å². The Hall–Kier alpha value is -2.62. The molecule has 0 fully saturated rings. The van der Waals surface area contributed by atoms with E-state index in [1.54, 1.807) is 6.20 Å². The monoisotopic (exact) mass is 307 g/mol. The number of hydrogen-bond donors (Lipinski definition) is 0. The normalized spacial score (nSPS) is 15.4. The van der Waals surface area contributed by atoms with Crippen LogP contribution in [0.2, 0.25) is 0 Å². The molecule has 0 atom stereocenters. The van der Waals surface area contributed by atoms with Crippen LogP contribution < -0.4 is 9.75 Å². The lowest BCUT2D eigenvalue weighted by Gasteiger charge is -2.12. The molecule has 1 aromatic carbocycles. The van der Waals surface area contributed by atoms with Crippen LogP contribution in [0.15, 0.2) is 53.3 Å². The lowest BCUT2D eigenvalue weighted by Crippen LogP contribution is -2.14. The van der Waals surface area contributed by atoms with Crippen LogP contribution in [0.4, 0.5) is 5.82 Å². The quantitative estimate of drug-likeness (QED) is 0.835. The molecule has 0 bridgehead atoms. The third kappa shape index (κ3) is 3.77. The molecule has 1 aliphatic heterocycles. The fourth-order valence-corrected chi connectivity index (χ4v) is 2.48. The largest absolute Gasteiger partial charge is 0.493 e. The molecule has 0 radical (unpaired) electrons. The van der Waals surface area contributed by atoms with Gasteiger partial charge in [0.05, 0.1) is 19.4 Å². The Morgan fingerprint density at radius 2 is 2.17 bits per heavy atom. The summed E-state index contributed by atoms with van der Waals surface area (Å²) in [6.45, 7) is 5.69. The topological polar surface area (TPSA) is 37.7 Å². The fourth-order valence-electron chi connectivity index (χ4n) is 2.48. The zero-order valence-electron chi connectivity index (χ0n) is 13.6. The molecule has 4 heteroatoms. The van der Waals surface area contributed by atoms with Crippen molar-refractivity contribution in [1.82, 2.24) is 4.98 Å². The maximum absolute atomic E-state index is 5.72. The first-order valence-electron chi connectivity index (χ1n) is 7.93. The van der Waals surface area contributed by atoms with E-state index in [1.165, 1.54) is 0 Å². The van der Waals surface area contributed by atoms with E-state index in [2.05, 4.69) is 42.1 Å². The highest BCUT2D eigenvalue weighted by Gasteiger charge is 2.13. The Morgan fingerprint density at radius 1 is 1.26 bits per heavy atom. The molecule has 0 aliphatic carbocycles. The maximum Gasteiger partial charge on any atom is 0.149 e. The van der Waals surface area contributed by atoms with E-state index in [0.717, 1.165) is 47.8 Å². The Labute approximate surface area is 137 Å². The van der Waals surface area contributed by atoms with Crippen molar-refractivity contribution in [2.24, 2.45) is 5.10 Å². The third-order valence-corrected chi connectivity index (χ3v) is 3.62. The minimum atomic E-state index is 0.740. The summed E-state index contributed by atoms with van der Waals surface area (Å²) in [4.78, 5) is 4.32. The van der Waals surface area contributed by atoms with Crippen LogP contribution in [0, 0.1) is 6.92 Å². The summed E-state index contributed by atoms with van der Waals surface area (Å²) in [7, 11) is 0. The van der Waals surface area contributed by atoms with Crippen LogP contribution in [-0.4, -0.2) is 24.4 Å². The Morgan fingerprint density at radius 3 is 2.91 bits per heavy atom. The van der Waals surface area contributed by atoms with Crippen molar-refractivity contribution in [2.75, 3.05) is 18.2 Å². The van der Waals surface area contributed by atoms with Gasteiger partial charge in [-0.2, -0.15) is 5.10 Å². The molecule has 2 heterocycles. The highest BCUT2D eigenvalue weighted by molar-refractivity contribution is 5.90. The molecule has 2 aromatic rings.